The number of aromatic nitrogens is 1. The zero-order valence-corrected chi connectivity index (χ0v) is 12.3. The van der Waals surface area contributed by atoms with Gasteiger partial charge in [0.1, 0.15) is 0 Å². The van der Waals surface area contributed by atoms with Gasteiger partial charge in [-0.3, -0.25) is 4.79 Å². The number of H-pyrrole nitrogens is 1. The first-order valence-electron chi connectivity index (χ1n) is 7.34. The maximum Gasteiger partial charge on any atom is 0.152 e. The molecule has 2 nitrogen and oxygen atoms in total. The van der Waals surface area contributed by atoms with Crippen LogP contribution >= 0.6 is 0 Å². The van der Waals surface area contributed by atoms with Crippen LogP contribution in [0.15, 0.2) is 60.7 Å². The summed E-state index contributed by atoms with van der Waals surface area (Å²) < 4.78 is 0. The Balaban J connectivity index is 2.07. The number of aromatic amines is 1. The number of carbonyl (C=O) groups is 1. The molecule has 106 valence electrons. The van der Waals surface area contributed by atoms with Gasteiger partial charge in [0.2, 0.25) is 0 Å². The van der Waals surface area contributed by atoms with E-state index in [1.165, 1.54) is 16.3 Å². The lowest BCUT2D eigenvalue weighted by molar-refractivity contribution is 0.112. The van der Waals surface area contributed by atoms with Gasteiger partial charge in [0, 0.05) is 22.0 Å². The minimum Gasteiger partial charge on any atom is -0.354 e. The van der Waals surface area contributed by atoms with Crippen LogP contribution in [0, 0.1) is 6.92 Å². The smallest absolute Gasteiger partial charge is 0.152 e. The second-order valence-corrected chi connectivity index (χ2v) is 5.54. The largest absolute Gasteiger partial charge is 0.354 e. The molecule has 1 heterocycles. The van der Waals surface area contributed by atoms with E-state index in [0.717, 1.165) is 34.0 Å². The van der Waals surface area contributed by atoms with Crippen LogP contribution in [0.1, 0.15) is 15.9 Å². The number of aldehydes is 1. The first-order chi connectivity index (χ1) is 10.8. The monoisotopic (exact) mass is 285 g/mol. The molecule has 4 rings (SSSR count). The van der Waals surface area contributed by atoms with Crippen molar-refractivity contribution in [2.24, 2.45) is 0 Å². The topological polar surface area (TPSA) is 32.9 Å². The minimum atomic E-state index is 0.731. The third-order valence-corrected chi connectivity index (χ3v) is 4.33. The van der Waals surface area contributed by atoms with Crippen LogP contribution in [0.2, 0.25) is 0 Å². The average Bonchev–Trinajstić information content (AvgIpc) is 2.93. The molecule has 0 spiro atoms. The number of para-hydroxylation sites is 1. The molecule has 0 aliphatic heterocycles. The van der Waals surface area contributed by atoms with E-state index < -0.39 is 0 Å². The molecule has 4 aromatic rings. The molecule has 22 heavy (non-hydrogen) atoms. The highest BCUT2D eigenvalue weighted by Gasteiger charge is 2.14. The first kappa shape index (κ1) is 12.8. The number of carbonyl (C=O) groups excluding carboxylic acids is 1. The third kappa shape index (κ3) is 1.77. The number of nitrogens with one attached hydrogen (secondary N) is 1. The Morgan fingerprint density at radius 1 is 0.864 bits per heavy atom. The van der Waals surface area contributed by atoms with Gasteiger partial charge in [-0.15, -0.1) is 0 Å². The van der Waals surface area contributed by atoms with E-state index >= 15 is 0 Å². The highest BCUT2D eigenvalue weighted by Crippen LogP contribution is 2.34. The van der Waals surface area contributed by atoms with Gasteiger partial charge in [-0.05, 0) is 29.3 Å². The fraction of sp³-hybridized carbons (Fsp3) is 0.0500. The lowest BCUT2D eigenvalue weighted by Crippen LogP contribution is -1.89. The SMILES string of the molecule is Cc1c(-c2[nH]c3ccccc3c2C=O)ccc2ccccc12. The fourth-order valence-corrected chi connectivity index (χ4v) is 3.20. The summed E-state index contributed by atoms with van der Waals surface area (Å²) in [7, 11) is 0. The molecule has 0 aliphatic rings. The minimum absolute atomic E-state index is 0.731. The summed E-state index contributed by atoms with van der Waals surface area (Å²) in [6.45, 7) is 2.11. The summed E-state index contributed by atoms with van der Waals surface area (Å²) in [5.74, 6) is 0. The van der Waals surface area contributed by atoms with Gasteiger partial charge in [0.05, 0.1) is 5.69 Å². The Hall–Kier alpha value is -2.87. The summed E-state index contributed by atoms with van der Waals surface area (Å²) in [6, 6.07) is 20.4. The maximum atomic E-state index is 11.6. The Bertz CT molecular complexity index is 1010. The van der Waals surface area contributed by atoms with Crippen LogP contribution in [-0.2, 0) is 0 Å². The van der Waals surface area contributed by atoms with Gasteiger partial charge in [0.25, 0.3) is 0 Å². The van der Waals surface area contributed by atoms with E-state index in [9.17, 15) is 4.79 Å². The van der Waals surface area contributed by atoms with Gasteiger partial charge >= 0.3 is 0 Å². The van der Waals surface area contributed by atoms with Crippen LogP contribution in [0.5, 0.6) is 0 Å². The Morgan fingerprint density at radius 2 is 1.59 bits per heavy atom. The molecule has 2 heteroatoms. The van der Waals surface area contributed by atoms with Crippen LogP contribution in [0.25, 0.3) is 32.9 Å². The summed E-state index contributed by atoms with van der Waals surface area (Å²) in [5.41, 5.74) is 4.89. The molecule has 0 saturated carbocycles. The standard InChI is InChI=1S/C20H15NO/c1-13-15-7-3-2-6-14(15)10-11-16(13)20-18(12-22)17-8-4-5-9-19(17)21-20/h2-12,21H,1H3. The van der Waals surface area contributed by atoms with E-state index in [2.05, 4.69) is 36.2 Å². The molecular weight excluding hydrogens is 270 g/mol. The Morgan fingerprint density at radius 3 is 2.41 bits per heavy atom. The normalized spacial score (nSPS) is 11.1. The summed E-state index contributed by atoms with van der Waals surface area (Å²) in [4.78, 5) is 15.0. The number of benzene rings is 3. The second-order valence-electron chi connectivity index (χ2n) is 5.54. The second kappa shape index (κ2) is 4.85. The lowest BCUT2D eigenvalue weighted by Gasteiger charge is -2.09. The van der Waals surface area contributed by atoms with Gasteiger partial charge in [-0.1, -0.05) is 54.6 Å². The predicted molar refractivity (Wildman–Crippen MR) is 91.4 cm³/mol. The van der Waals surface area contributed by atoms with Gasteiger partial charge in [-0.2, -0.15) is 0 Å². The number of fused-ring (bicyclic) bond motifs is 2. The maximum absolute atomic E-state index is 11.6. The van der Waals surface area contributed by atoms with Gasteiger partial charge < -0.3 is 4.98 Å². The van der Waals surface area contributed by atoms with E-state index in [-0.39, 0.29) is 0 Å². The van der Waals surface area contributed by atoms with E-state index in [4.69, 9.17) is 0 Å². The van der Waals surface area contributed by atoms with Crippen molar-refractivity contribution >= 4 is 28.0 Å². The average molecular weight is 285 g/mol. The number of hydrogen-bond donors (Lipinski definition) is 1. The van der Waals surface area contributed by atoms with Crippen LogP contribution < -0.4 is 0 Å². The molecule has 1 aromatic heterocycles. The molecule has 0 fully saturated rings. The molecule has 3 aromatic carbocycles. The Labute approximate surface area is 128 Å². The molecule has 0 aliphatic carbocycles. The molecular formula is C20H15NO. The van der Waals surface area contributed by atoms with Crippen molar-refractivity contribution in [1.82, 2.24) is 4.98 Å². The molecule has 0 amide bonds. The zero-order chi connectivity index (χ0) is 15.1. The third-order valence-electron chi connectivity index (χ3n) is 4.33. The van der Waals surface area contributed by atoms with E-state index in [1.807, 2.05) is 36.4 Å². The van der Waals surface area contributed by atoms with Crippen molar-refractivity contribution in [3.8, 4) is 11.3 Å². The lowest BCUT2D eigenvalue weighted by atomic mass is 9.96. The molecule has 0 radical (unpaired) electrons. The van der Waals surface area contributed by atoms with Crippen molar-refractivity contribution in [2.75, 3.05) is 0 Å². The van der Waals surface area contributed by atoms with E-state index in [1.54, 1.807) is 0 Å². The summed E-state index contributed by atoms with van der Waals surface area (Å²) in [6.07, 6.45) is 0.947. The summed E-state index contributed by atoms with van der Waals surface area (Å²) >= 11 is 0. The molecule has 1 N–H and O–H groups in total. The number of hydrogen-bond acceptors (Lipinski definition) is 1. The number of rotatable bonds is 2. The van der Waals surface area contributed by atoms with Crippen molar-refractivity contribution in [3.63, 3.8) is 0 Å². The highest BCUT2D eigenvalue weighted by atomic mass is 16.1. The van der Waals surface area contributed by atoms with Crippen LogP contribution in [0.4, 0.5) is 0 Å². The fourth-order valence-electron chi connectivity index (χ4n) is 3.20. The highest BCUT2D eigenvalue weighted by molar-refractivity contribution is 6.05. The first-order valence-corrected chi connectivity index (χ1v) is 7.34. The zero-order valence-electron chi connectivity index (χ0n) is 12.3. The molecule has 0 saturated heterocycles. The van der Waals surface area contributed by atoms with Gasteiger partial charge in [0.15, 0.2) is 6.29 Å². The van der Waals surface area contributed by atoms with Crippen molar-refractivity contribution in [1.29, 1.82) is 0 Å². The van der Waals surface area contributed by atoms with Gasteiger partial charge in [-0.25, -0.2) is 0 Å². The summed E-state index contributed by atoms with van der Waals surface area (Å²) in [5, 5.41) is 3.41. The van der Waals surface area contributed by atoms with Crippen molar-refractivity contribution in [3.05, 3.63) is 71.8 Å². The van der Waals surface area contributed by atoms with Crippen LogP contribution in [0.3, 0.4) is 0 Å². The molecule has 0 atom stereocenters. The van der Waals surface area contributed by atoms with E-state index in [0.29, 0.717) is 0 Å². The van der Waals surface area contributed by atoms with Crippen LogP contribution in [-0.4, -0.2) is 11.3 Å². The quantitative estimate of drug-likeness (QED) is 0.510. The molecule has 0 unspecified atom stereocenters. The predicted octanol–water partition coefficient (Wildman–Crippen LogP) is 5.11. The molecule has 0 bridgehead atoms. The van der Waals surface area contributed by atoms with Crippen molar-refractivity contribution < 1.29 is 4.79 Å². The van der Waals surface area contributed by atoms with Crippen molar-refractivity contribution in [2.45, 2.75) is 6.92 Å². The Kier molecular flexibility index (Phi) is 2.83. The number of aryl methyl sites for hydroxylation is 1.